The highest BCUT2D eigenvalue weighted by Gasteiger charge is 2.19. The van der Waals surface area contributed by atoms with Crippen molar-refractivity contribution in [3.63, 3.8) is 0 Å². The summed E-state index contributed by atoms with van der Waals surface area (Å²) in [7, 11) is 3.44. The molecule has 0 saturated heterocycles. The molecule has 0 bridgehead atoms. The third kappa shape index (κ3) is 4.89. The second-order valence-corrected chi connectivity index (χ2v) is 7.72. The molecule has 0 saturated carbocycles. The van der Waals surface area contributed by atoms with E-state index in [0.717, 1.165) is 27.8 Å². The highest BCUT2D eigenvalue weighted by molar-refractivity contribution is 7.13. The number of thiazole rings is 1. The van der Waals surface area contributed by atoms with E-state index in [9.17, 15) is 4.79 Å². The van der Waals surface area contributed by atoms with Gasteiger partial charge >= 0.3 is 0 Å². The molecule has 0 N–H and O–H groups in total. The van der Waals surface area contributed by atoms with Crippen molar-refractivity contribution in [2.75, 3.05) is 14.2 Å². The number of nitrogens with zero attached hydrogens (tertiary/aromatic N) is 2. The van der Waals surface area contributed by atoms with Crippen LogP contribution in [0.25, 0.3) is 0 Å². The Bertz CT molecular complexity index is 933. The predicted molar refractivity (Wildman–Crippen MR) is 111 cm³/mol. The summed E-state index contributed by atoms with van der Waals surface area (Å²) in [6.07, 6.45) is 0. The van der Waals surface area contributed by atoms with E-state index in [1.807, 2.05) is 62.4 Å². The third-order valence-electron chi connectivity index (χ3n) is 4.34. The summed E-state index contributed by atoms with van der Waals surface area (Å²) in [6.45, 7) is 4.77. The van der Waals surface area contributed by atoms with Gasteiger partial charge in [-0.15, -0.1) is 11.3 Å². The number of amides is 1. The Morgan fingerprint density at radius 3 is 2.32 bits per heavy atom. The quantitative estimate of drug-likeness (QED) is 0.585. The fraction of sp³-hybridized carbons (Fsp3) is 0.273. The number of benzene rings is 2. The van der Waals surface area contributed by atoms with Crippen molar-refractivity contribution < 1.29 is 14.3 Å². The Morgan fingerprint density at radius 1 is 1.04 bits per heavy atom. The summed E-state index contributed by atoms with van der Waals surface area (Å²) in [6, 6.07) is 15.6. The molecule has 3 rings (SSSR count). The SMILES string of the molecule is COc1ccc(CN(C)C(=O)c2sc(COc3ccc(C)cc3)nc2C)cc1. The molecule has 0 unspecified atom stereocenters. The number of aromatic nitrogens is 1. The van der Waals surface area contributed by atoms with Crippen LogP contribution in [-0.2, 0) is 13.2 Å². The van der Waals surface area contributed by atoms with E-state index in [4.69, 9.17) is 9.47 Å². The molecule has 0 atom stereocenters. The summed E-state index contributed by atoms with van der Waals surface area (Å²) in [5.41, 5.74) is 2.96. The monoisotopic (exact) mass is 396 g/mol. The second-order valence-electron chi connectivity index (χ2n) is 6.63. The van der Waals surface area contributed by atoms with Gasteiger partial charge in [0.15, 0.2) is 0 Å². The smallest absolute Gasteiger partial charge is 0.265 e. The minimum absolute atomic E-state index is 0.0348. The normalized spacial score (nSPS) is 10.6. The van der Waals surface area contributed by atoms with Crippen LogP contribution in [0, 0.1) is 13.8 Å². The summed E-state index contributed by atoms with van der Waals surface area (Å²) < 4.78 is 11.0. The summed E-state index contributed by atoms with van der Waals surface area (Å²) in [5, 5.41) is 0.791. The lowest BCUT2D eigenvalue weighted by Gasteiger charge is -2.16. The van der Waals surface area contributed by atoms with Gasteiger partial charge in [-0.3, -0.25) is 4.79 Å². The van der Waals surface area contributed by atoms with E-state index in [0.29, 0.717) is 18.0 Å². The number of aryl methyl sites for hydroxylation is 2. The van der Waals surface area contributed by atoms with Gasteiger partial charge < -0.3 is 14.4 Å². The molecule has 3 aromatic rings. The van der Waals surface area contributed by atoms with Crippen molar-refractivity contribution in [2.45, 2.75) is 27.0 Å². The van der Waals surface area contributed by atoms with Crippen LogP contribution in [0.1, 0.15) is 31.5 Å². The summed E-state index contributed by atoms with van der Waals surface area (Å²) in [5.74, 6) is 1.56. The van der Waals surface area contributed by atoms with Gasteiger partial charge in [0.05, 0.1) is 12.8 Å². The zero-order valence-corrected chi connectivity index (χ0v) is 17.4. The van der Waals surface area contributed by atoms with Crippen LogP contribution in [0.4, 0.5) is 0 Å². The number of carbonyl (C=O) groups excluding carboxylic acids is 1. The van der Waals surface area contributed by atoms with Gasteiger partial charge in [0, 0.05) is 13.6 Å². The molecule has 1 heterocycles. The molecular weight excluding hydrogens is 372 g/mol. The van der Waals surface area contributed by atoms with Gasteiger partial charge in [-0.2, -0.15) is 0 Å². The fourth-order valence-electron chi connectivity index (χ4n) is 2.74. The molecule has 0 spiro atoms. The first-order valence-electron chi connectivity index (χ1n) is 9.00. The highest BCUT2D eigenvalue weighted by atomic mass is 32.1. The van der Waals surface area contributed by atoms with Crippen LogP contribution in [0.5, 0.6) is 11.5 Å². The van der Waals surface area contributed by atoms with Crippen LogP contribution in [0.3, 0.4) is 0 Å². The number of rotatable bonds is 7. The van der Waals surface area contributed by atoms with Crippen LogP contribution in [0.2, 0.25) is 0 Å². The first kappa shape index (κ1) is 19.9. The lowest BCUT2D eigenvalue weighted by Crippen LogP contribution is -2.26. The Kier molecular flexibility index (Phi) is 6.31. The standard InChI is InChI=1S/C22H24N2O3S/c1-15-5-9-19(10-6-15)27-14-20-23-16(2)21(28-20)22(25)24(3)13-17-7-11-18(26-4)12-8-17/h5-12H,13-14H2,1-4H3. The minimum atomic E-state index is -0.0348. The minimum Gasteiger partial charge on any atom is -0.497 e. The number of carbonyl (C=O) groups is 1. The van der Waals surface area contributed by atoms with Gasteiger partial charge in [0.1, 0.15) is 28.0 Å². The summed E-state index contributed by atoms with van der Waals surface area (Å²) in [4.78, 5) is 19.7. The molecular formula is C22H24N2O3S. The highest BCUT2D eigenvalue weighted by Crippen LogP contribution is 2.23. The molecule has 1 aromatic heterocycles. The molecule has 0 aliphatic carbocycles. The van der Waals surface area contributed by atoms with Gasteiger partial charge in [-0.05, 0) is 43.7 Å². The van der Waals surface area contributed by atoms with Crippen LogP contribution < -0.4 is 9.47 Å². The Hall–Kier alpha value is -2.86. The maximum absolute atomic E-state index is 12.8. The molecule has 1 amide bonds. The van der Waals surface area contributed by atoms with Crippen LogP contribution >= 0.6 is 11.3 Å². The Morgan fingerprint density at radius 2 is 1.68 bits per heavy atom. The van der Waals surface area contributed by atoms with Gasteiger partial charge in [-0.1, -0.05) is 29.8 Å². The first-order chi connectivity index (χ1) is 13.5. The van der Waals surface area contributed by atoms with Crippen molar-refractivity contribution in [1.82, 2.24) is 9.88 Å². The molecule has 0 radical (unpaired) electrons. The van der Waals surface area contributed by atoms with Crippen LogP contribution in [-0.4, -0.2) is 29.9 Å². The Labute approximate surface area is 169 Å². The molecule has 6 heteroatoms. The maximum atomic E-state index is 12.8. The van der Waals surface area contributed by atoms with E-state index >= 15 is 0 Å². The number of hydrogen-bond acceptors (Lipinski definition) is 5. The Balaban J connectivity index is 1.63. The number of ether oxygens (including phenoxy) is 2. The van der Waals surface area contributed by atoms with Gasteiger partial charge in [0.25, 0.3) is 5.91 Å². The van der Waals surface area contributed by atoms with Crippen molar-refractivity contribution >= 4 is 17.2 Å². The molecule has 0 aliphatic heterocycles. The van der Waals surface area contributed by atoms with Crippen molar-refractivity contribution in [2.24, 2.45) is 0 Å². The maximum Gasteiger partial charge on any atom is 0.265 e. The second kappa shape index (κ2) is 8.89. The average molecular weight is 397 g/mol. The van der Waals surface area contributed by atoms with E-state index in [2.05, 4.69) is 4.98 Å². The molecule has 28 heavy (non-hydrogen) atoms. The number of methoxy groups -OCH3 is 1. The lowest BCUT2D eigenvalue weighted by molar-refractivity contribution is 0.0789. The molecule has 0 aliphatic rings. The van der Waals surface area contributed by atoms with E-state index in [-0.39, 0.29) is 5.91 Å². The third-order valence-corrected chi connectivity index (χ3v) is 5.46. The van der Waals surface area contributed by atoms with Crippen molar-refractivity contribution in [1.29, 1.82) is 0 Å². The first-order valence-corrected chi connectivity index (χ1v) is 9.82. The molecule has 2 aromatic carbocycles. The molecule has 146 valence electrons. The average Bonchev–Trinajstić information content (AvgIpc) is 3.08. The van der Waals surface area contributed by atoms with E-state index in [1.165, 1.54) is 16.9 Å². The zero-order valence-electron chi connectivity index (χ0n) is 16.6. The molecule has 0 fully saturated rings. The lowest BCUT2D eigenvalue weighted by atomic mass is 10.2. The van der Waals surface area contributed by atoms with E-state index in [1.54, 1.807) is 19.1 Å². The van der Waals surface area contributed by atoms with Crippen LogP contribution in [0.15, 0.2) is 48.5 Å². The van der Waals surface area contributed by atoms with Gasteiger partial charge in [0.2, 0.25) is 0 Å². The van der Waals surface area contributed by atoms with E-state index < -0.39 is 0 Å². The predicted octanol–water partition coefficient (Wildman–Crippen LogP) is 4.62. The van der Waals surface area contributed by atoms with Crippen molar-refractivity contribution in [3.8, 4) is 11.5 Å². The fourth-order valence-corrected chi connectivity index (χ4v) is 3.71. The molecule has 5 nitrogen and oxygen atoms in total. The van der Waals surface area contributed by atoms with Crippen molar-refractivity contribution in [3.05, 3.63) is 75.2 Å². The number of hydrogen-bond donors (Lipinski definition) is 0. The van der Waals surface area contributed by atoms with Gasteiger partial charge in [-0.25, -0.2) is 4.98 Å². The largest absolute Gasteiger partial charge is 0.497 e. The topological polar surface area (TPSA) is 51.7 Å². The zero-order chi connectivity index (χ0) is 20.1. The summed E-state index contributed by atoms with van der Waals surface area (Å²) >= 11 is 1.39.